The van der Waals surface area contributed by atoms with Crippen LogP contribution in [0.1, 0.15) is 24.1 Å². The molecule has 0 radical (unpaired) electrons. The van der Waals surface area contributed by atoms with E-state index >= 15 is 0 Å². The maximum atomic E-state index is 9.15. The van der Waals surface area contributed by atoms with Crippen LogP contribution >= 0.6 is 0 Å². The molecule has 0 saturated heterocycles. The highest BCUT2D eigenvalue weighted by atomic mass is 16.3. The smallest absolute Gasteiger partial charge is 0.115 e. The van der Waals surface area contributed by atoms with Crippen molar-refractivity contribution in [1.29, 1.82) is 0 Å². The van der Waals surface area contributed by atoms with Gasteiger partial charge in [0, 0.05) is 12.6 Å². The van der Waals surface area contributed by atoms with Crippen LogP contribution in [-0.2, 0) is 6.54 Å². The molecule has 58 valence electrons. The Hall–Kier alpha value is -1.02. The molecule has 1 unspecified atom stereocenters. The minimum Gasteiger partial charge on any atom is -0.508 e. The predicted octanol–water partition coefficient (Wildman–Crippen LogP) is 1.56. The number of nitrogens with one attached hydrogen (secondary N) is 1. The Morgan fingerprint density at radius 3 is 3.18 bits per heavy atom. The summed E-state index contributed by atoms with van der Waals surface area (Å²) in [6.45, 7) is 3.01. The summed E-state index contributed by atoms with van der Waals surface area (Å²) in [6, 6.07) is 5.98. The molecule has 2 rings (SSSR count). The molecule has 0 fully saturated rings. The summed E-state index contributed by atoms with van der Waals surface area (Å²) in [5.74, 6) is 0.361. The summed E-state index contributed by atoms with van der Waals surface area (Å²) < 4.78 is 0. The van der Waals surface area contributed by atoms with Crippen LogP contribution in [0.4, 0.5) is 0 Å². The van der Waals surface area contributed by atoms with Crippen LogP contribution in [0.25, 0.3) is 0 Å². The number of fused-ring (bicyclic) bond motifs is 1. The summed E-state index contributed by atoms with van der Waals surface area (Å²) in [5, 5.41) is 12.5. The van der Waals surface area contributed by atoms with E-state index in [0.717, 1.165) is 6.54 Å². The van der Waals surface area contributed by atoms with Crippen LogP contribution in [0.15, 0.2) is 18.2 Å². The average Bonchev–Trinajstić information content (AvgIpc) is 2.32. The molecule has 2 N–H and O–H groups in total. The van der Waals surface area contributed by atoms with E-state index in [9.17, 15) is 0 Å². The zero-order valence-electron chi connectivity index (χ0n) is 6.46. The van der Waals surface area contributed by atoms with Crippen molar-refractivity contribution in [1.82, 2.24) is 5.32 Å². The number of phenols is 1. The van der Waals surface area contributed by atoms with Crippen LogP contribution < -0.4 is 5.32 Å². The van der Waals surface area contributed by atoms with Crippen molar-refractivity contribution in [2.24, 2.45) is 0 Å². The van der Waals surface area contributed by atoms with E-state index in [2.05, 4.69) is 12.2 Å². The van der Waals surface area contributed by atoms with Gasteiger partial charge in [0.25, 0.3) is 0 Å². The molecule has 0 aromatic heterocycles. The first-order chi connectivity index (χ1) is 5.27. The Labute approximate surface area is 65.9 Å². The zero-order chi connectivity index (χ0) is 7.84. The highest BCUT2D eigenvalue weighted by Gasteiger charge is 2.16. The molecule has 1 atom stereocenters. The largest absolute Gasteiger partial charge is 0.508 e. The lowest BCUT2D eigenvalue weighted by molar-refractivity contribution is 0.474. The van der Waals surface area contributed by atoms with Gasteiger partial charge in [-0.05, 0) is 30.2 Å². The molecular formula is C9H11NO. The molecule has 2 nitrogen and oxygen atoms in total. The third kappa shape index (κ3) is 0.994. The van der Waals surface area contributed by atoms with Crippen LogP contribution in [0, 0.1) is 0 Å². The van der Waals surface area contributed by atoms with Gasteiger partial charge in [-0.15, -0.1) is 0 Å². The van der Waals surface area contributed by atoms with Crippen LogP contribution in [0.5, 0.6) is 5.75 Å². The molecule has 1 aliphatic rings. The highest BCUT2D eigenvalue weighted by Crippen LogP contribution is 2.27. The van der Waals surface area contributed by atoms with E-state index in [1.807, 2.05) is 12.1 Å². The Kier molecular flexibility index (Phi) is 1.36. The summed E-state index contributed by atoms with van der Waals surface area (Å²) in [7, 11) is 0. The molecule has 0 spiro atoms. The lowest BCUT2D eigenvalue weighted by Gasteiger charge is -2.02. The van der Waals surface area contributed by atoms with Crippen LogP contribution in [0.2, 0.25) is 0 Å². The van der Waals surface area contributed by atoms with Crippen molar-refractivity contribution in [3.05, 3.63) is 29.3 Å². The molecule has 0 amide bonds. The van der Waals surface area contributed by atoms with Gasteiger partial charge in [-0.3, -0.25) is 0 Å². The van der Waals surface area contributed by atoms with E-state index in [-0.39, 0.29) is 0 Å². The molecular weight excluding hydrogens is 138 g/mol. The number of rotatable bonds is 0. The quantitative estimate of drug-likeness (QED) is 0.586. The van der Waals surface area contributed by atoms with Gasteiger partial charge >= 0.3 is 0 Å². The van der Waals surface area contributed by atoms with E-state index in [0.29, 0.717) is 11.8 Å². The number of hydrogen-bond donors (Lipinski definition) is 2. The first-order valence-electron chi connectivity index (χ1n) is 3.82. The van der Waals surface area contributed by atoms with Gasteiger partial charge in [0.1, 0.15) is 5.75 Å². The van der Waals surface area contributed by atoms with Crippen LogP contribution in [-0.4, -0.2) is 5.11 Å². The lowest BCUT2D eigenvalue weighted by atomic mass is 10.1. The van der Waals surface area contributed by atoms with Gasteiger partial charge in [0.15, 0.2) is 0 Å². The third-order valence-corrected chi connectivity index (χ3v) is 2.19. The first kappa shape index (κ1) is 6.68. The highest BCUT2D eigenvalue weighted by molar-refractivity contribution is 5.39. The number of hydrogen-bond acceptors (Lipinski definition) is 2. The van der Waals surface area contributed by atoms with E-state index in [4.69, 9.17) is 5.11 Å². The lowest BCUT2D eigenvalue weighted by Crippen LogP contribution is -2.06. The Morgan fingerprint density at radius 1 is 1.55 bits per heavy atom. The van der Waals surface area contributed by atoms with E-state index in [1.54, 1.807) is 6.07 Å². The average molecular weight is 149 g/mol. The Bertz CT molecular complexity index is 283. The maximum absolute atomic E-state index is 9.15. The molecule has 1 aliphatic heterocycles. The fourth-order valence-electron chi connectivity index (χ4n) is 1.54. The fraction of sp³-hybridized carbons (Fsp3) is 0.333. The SMILES string of the molecule is CC1NCc2cc(O)ccc21. The Morgan fingerprint density at radius 2 is 2.36 bits per heavy atom. The van der Waals surface area contributed by atoms with Crippen molar-refractivity contribution >= 4 is 0 Å². The molecule has 2 heteroatoms. The van der Waals surface area contributed by atoms with Crippen LogP contribution in [0.3, 0.4) is 0 Å². The van der Waals surface area contributed by atoms with Crippen molar-refractivity contribution < 1.29 is 5.11 Å². The van der Waals surface area contributed by atoms with Gasteiger partial charge in [-0.2, -0.15) is 0 Å². The van der Waals surface area contributed by atoms with E-state index < -0.39 is 0 Å². The topological polar surface area (TPSA) is 32.3 Å². The second kappa shape index (κ2) is 2.24. The summed E-state index contributed by atoms with van der Waals surface area (Å²) in [4.78, 5) is 0. The summed E-state index contributed by atoms with van der Waals surface area (Å²) in [5.41, 5.74) is 2.53. The second-order valence-electron chi connectivity index (χ2n) is 2.99. The number of aromatic hydroxyl groups is 1. The molecule has 1 heterocycles. The van der Waals surface area contributed by atoms with Crippen molar-refractivity contribution in [3.8, 4) is 5.75 Å². The Balaban J connectivity index is 2.50. The molecule has 11 heavy (non-hydrogen) atoms. The van der Waals surface area contributed by atoms with E-state index in [1.165, 1.54) is 11.1 Å². The first-order valence-corrected chi connectivity index (χ1v) is 3.82. The van der Waals surface area contributed by atoms with Gasteiger partial charge in [0.05, 0.1) is 0 Å². The monoisotopic (exact) mass is 149 g/mol. The molecule has 0 bridgehead atoms. The van der Waals surface area contributed by atoms with Crippen molar-refractivity contribution in [2.45, 2.75) is 19.5 Å². The summed E-state index contributed by atoms with van der Waals surface area (Å²) >= 11 is 0. The predicted molar refractivity (Wildman–Crippen MR) is 43.4 cm³/mol. The third-order valence-electron chi connectivity index (χ3n) is 2.19. The number of phenolic OH excluding ortho intramolecular Hbond substituents is 1. The standard InChI is InChI=1S/C9H11NO/c1-6-9-3-2-8(11)4-7(9)5-10-6/h2-4,6,10-11H,5H2,1H3. The molecule has 1 aromatic carbocycles. The van der Waals surface area contributed by atoms with Gasteiger partial charge in [-0.25, -0.2) is 0 Å². The summed E-state index contributed by atoms with van der Waals surface area (Å²) in [6.07, 6.45) is 0. The minimum absolute atomic E-state index is 0.361. The minimum atomic E-state index is 0.361. The zero-order valence-corrected chi connectivity index (χ0v) is 6.46. The normalized spacial score (nSPS) is 21.7. The van der Waals surface area contributed by atoms with Crippen molar-refractivity contribution in [2.75, 3.05) is 0 Å². The second-order valence-corrected chi connectivity index (χ2v) is 2.99. The fourth-order valence-corrected chi connectivity index (χ4v) is 1.54. The molecule has 0 saturated carbocycles. The maximum Gasteiger partial charge on any atom is 0.115 e. The number of benzene rings is 1. The van der Waals surface area contributed by atoms with Crippen molar-refractivity contribution in [3.63, 3.8) is 0 Å². The molecule has 0 aliphatic carbocycles. The van der Waals surface area contributed by atoms with Gasteiger partial charge < -0.3 is 10.4 Å². The molecule has 1 aromatic rings. The van der Waals surface area contributed by atoms with Gasteiger partial charge in [-0.1, -0.05) is 6.07 Å². The van der Waals surface area contributed by atoms with Gasteiger partial charge in [0.2, 0.25) is 0 Å².